The molecule has 0 N–H and O–H groups in total. The molecule has 0 fully saturated rings. The van der Waals surface area contributed by atoms with Gasteiger partial charge < -0.3 is 0 Å². The van der Waals surface area contributed by atoms with E-state index in [0.717, 1.165) is 27.9 Å². The minimum atomic E-state index is 0.115. The molecule has 96 valence electrons. The summed E-state index contributed by atoms with van der Waals surface area (Å²) in [5.74, 6) is 0. The third-order valence-corrected chi connectivity index (χ3v) is 2.81. The van der Waals surface area contributed by atoms with Gasteiger partial charge in [0, 0.05) is 0 Å². The van der Waals surface area contributed by atoms with Crippen molar-refractivity contribution in [3.05, 3.63) is 0 Å². The molecular formula is C10H24N2NiO2. The first kappa shape index (κ1) is 15.3. The number of rotatable bonds is 8. The molecule has 2 atom stereocenters. The second kappa shape index (κ2) is 8.48. The van der Waals surface area contributed by atoms with Gasteiger partial charge in [-0.2, -0.15) is 0 Å². The topological polar surface area (TPSA) is 24.9 Å². The van der Waals surface area contributed by atoms with Crippen LogP contribution in [0.25, 0.3) is 0 Å². The third-order valence-electron chi connectivity index (χ3n) is 2.08. The predicted octanol–water partition coefficient (Wildman–Crippen LogP) is 1.53. The van der Waals surface area contributed by atoms with E-state index in [9.17, 15) is 0 Å². The van der Waals surface area contributed by atoms with Crippen molar-refractivity contribution in [2.45, 2.75) is 39.1 Å². The van der Waals surface area contributed by atoms with Crippen LogP contribution in [0.15, 0.2) is 0 Å². The van der Waals surface area contributed by atoms with Crippen LogP contribution in [0.1, 0.15) is 26.7 Å². The van der Waals surface area contributed by atoms with Crippen molar-refractivity contribution in [2.75, 3.05) is 28.2 Å². The van der Waals surface area contributed by atoms with Crippen LogP contribution < -0.4 is 0 Å². The Bertz CT molecular complexity index is 140. The standard InChI is InChI=1S/2C5H12NO.Ni/c2*1-4-5(7)6(2)3;/h2*5H,4H2,1-3H3;/q2*-1;+2. The molecule has 4 nitrogen and oxygen atoms in total. The molecule has 0 aliphatic rings. The van der Waals surface area contributed by atoms with E-state index in [0.29, 0.717) is 0 Å². The molecule has 0 aromatic rings. The summed E-state index contributed by atoms with van der Waals surface area (Å²) < 4.78 is 11.1. The van der Waals surface area contributed by atoms with Crippen molar-refractivity contribution < 1.29 is 22.8 Å². The molecule has 5 heteroatoms. The van der Waals surface area contributed by atoms with Gasteiger partial charge in [-0.05, 0) is 0 Å². The predicted molar refractivity (Wildman–Crippen MR) is 57.7 cm³/mol. The Morgan fingerprint density at radius 2 is 1.20 bits per heavy atom. The fourth-order valence-corrected chi connectivity index (χ4v) is 2.08. The fraction of sp³-hybridized carbons (Fsp3) is 1.00. The average Bonchev–Trinajstić information content (AvgIpc) is 2.17. The molecule has 0 aromatic heterocycles. The Hall–Kier alpha value is 0.334. The van der Waals surface area contributed by atoms with Crippen molar-refractivity contribution in [2.24, 2.45) is 0 Å². The number of hydrogen-bond acceptors (Lipinski definition) is 4. The van der Waals surface area contributed by atoms with Gasteiger partial charge in [-0.1, -0.05) is 0 Å². The first-order valence-electron chi connectivity index (χ1n) is 5.27. The van der Waals surface area contributed by atoms with E-state index >= 15 is 0 Å². The molecule has 0 rings (SSSR count). The number of hydrogen-bond donors (Lipinski definition) is 0. The van der Waals surface area contributed by atoms with Gasteiger partial charge >= 0.3 is 100.0 Å². The van der Waals surface area contributed by atoms with Gasteiger partial charge in [0.15, 0.2) is 0 Å². The second-order valence-corrected chi connectivity index (χ2v) is 4.48. The van der Waals surface area contributed by atoms with Crippen molar-refractivity contribution in [3.8, 4) is 0 Å². The first-order valence-corrected chi connectivity index (χ1v) is 6.07. The van der Waals surface area contributed by atoms with Crippen LogP contribution in [-0.4, -0.2) is 50.4 Å². The van der Waals surface area contributed by atoms with E-state index in [4.69, 9.17) is 7.76 Å². The van der Waals surface area contributed by atoms with Gasteiger partial charge in [-0.15, -0.1) is 0 Å². The van der Waals surface area contributed by atoms with Gasteiger partial charge in [-0.25, -0.2) is 0 Å². The van der Waals surface area contributed by atoms with E-state index in [2.05, 4.69) is 13.8 Å². The van der Waals surface area contributed by atoms with Gasteiger partial charge in [-0.3, -0.25) is 0 Å². The maximum atomic E-state index is 5.55. The normalized spacial score (nSPS) is 16.3. The molecule has 0 radical (unpaired) electrons. The van der Waals surface area contributed by atoms with Crippen LogP contribution in [0, 0.1) is 0 Å². The molecule has 0 aromatic carbocycles. The van der Waals surface area contributed by atoms with E-state index in [1.807, 2.05) is 38.0 Å². The Balaban J connectivity index is 3.75. The Labute approximate surface area is 100 Å². The van der Waals surface area contributed by atoms with Crippen LogP contribution in [0.2, 0.25) is 0 Å². The van der Waals surface area contributed by atoms with Crippen LogP contribution in [0.3, 0.4) is 0 Å². The molecule has 0 heterocycles. The summed E-state index contributed by atoms with van der Waals surface area (Å²) in [4.78, 5) is 4.08. The molecule has 0 saturated heterocycles. The Morgan fingerprint density at radius 1 is 0.867 bits per heavy atom. The Kier molecular flexibility index (Phi) is 8.67. The van der Waals surface area contributed by atoms with Gasteiger partial charge in [0.2, 0.25) is 0 Å². The molecule has 15 heavy (non-hydrogen) atoms. The molecule has 0 amide bonds. The molecule has 0 saturated carbocycles. The average molecular weight is 263 g/mol. The van der Waals surface area contributed by atoms with Crippen LogP contribution in [-0.2, 0) is 22.8 Å². The molecule has 0 aliphatic carbocycles. The zero-order valence-corrected chi connectivity index (χ0v) is 11.6. The summed E-state index contributed by atoms with van der Waals surface area (Å²) in [6.45, 7) is 4.19. The van der Waals surface area contributed by atoms with Crippen LogP contribution >= 0.6 is 0 Å². The maximum absolute atomic E-state index is 5.55. The van der Waals surface area contributed by atoms with E-state index < -0.39 is 0 Å². The minimum absolute atomic E-state index is 0.115. The summed E-state index contributed by atoms with van der Waals surface area (Å²) in [5.41, 5.74) is 0. The van der Waals surface area contributed by atoms with Gasteiger partial charge in [0.25, 0.3) is 0 Å². The van der Waals surface area contributed by atoms with Gasteiger partial charge in [0.1, 0.15) is 0 Å². The van der Waals surface area contributed by atoms with Crippen molar-refractivity contribution in [1.29, 1.82) is 0 Å². The summed E-state index contributed by atoms with van der Waals surface area (Å²) in [6, 6.07) is 0. The molecule has 0 bridgehead atoms. The monoisotopic (exact) mass is 262 g/mol. The second-order valence-electron chi connectivity index (χ2n) is 3.85. The third kappa shape index (κ3) is 6.49. The fourth-order valence-electron chi connectivity index (χ4n) is 1.06. The first-order chi connectivity index (χ1) is 7.02. The zero-order chi connectivity index (χ0) is 11.8. The number of nitrogens with zero attached hydrogens (tertiary/aromatic N) is 2. The quantitative estimate of drug-likeness (QED) is 0.489. The van der Waals surface area contributed by atoms with Crippen LogP contribution in [0.4, 0.5) is 0 Å². The summed E-state index contributed by atoms with van der Waals surface area (Å²) >= 11 is 0.908. The molecule has 2 unspecified atom stereocenters. The molecule has 0 aliphatic heterocycles. The summed E-state index contributed by atoms with van der Waals surface area (Å²) in [7, 11) is 8.01. The van der Waals surface area contributed by atoms with Crippen molar-refractivity contribution in [1.82, 2.24) is 9.80 Å². The SMILES string of the molecule is CCC([O][Ni][O]C(CC)N(C)C)N(C)C. The molecule has 0 spiro atoms. The van der Waals surface area contributed by atoms with Crippen molar-refractivity contribution in [3.63, 3.8) is 0 Å². The van der Waals surface area contributed by atoms with Crippen LogP contribution in [0.5, 0.6) is 0 Å². The van der Waals surface area contributed by atoms with E-state index in [-0.39, 0.29) is 12.5 Å². The van der Waals surface area contributed by atoms with Gasteiger partial charge in [0.05, 0.1) is 0 Å². The Morgan fingerprint density at radius 3 is 1.40 bits per heavy atom. The van der Waals surface area contributed by atoms with Crippen molar-refractivity contribution >= 4 is 0 Å². The summed E-state index contributed by atoms with van der Waals surface area (Å²) in [5, 5.41) is 0. The summed E-state index contributed by atoms with van der Waals surface area (Å²) in [6.07, 6.45) is 2.13. The van der Waals surface area contributed by atoms with E-state index in [1.54, 1.807) is 0 Å². The van der Waals surface area contributed by atoms with E-state index in [1.165, 1.54) is 0 Å². The molecular weight excluding hydrogens is 239 g/mol. The zero-order valence-electron chi connectivity index (χ0n) is 10.6.